The summed E-state index contributed by atoms with van der Waals surface area (Å²) in [6.45, 7) is 0.603. The Kier molecular flexibility index (Phi) is 3.56. The Hall–Kier alpha value is -3.20. The normalized spacial score (nSPS) is 10.0. The molecule has 0 saturated heterocycles. The zero-order valence-electron chi connectivity index (χ0n) is 11.1. The molecule has 3 aromatic rings. The van der Waals surface area contributed by atoms with E-state index >= 15 is 0 Å². The fourth-order valence-corrected chi connectivity index (χ4v) is 1.89. The van der Waals surface area contributed by atoms with Crippen LogP contribution in [0.2, 0.25) is 0 Å². The minimum Gasteiger partial charge on any atom is -0.366 e. The quantitative estimate of drug-likeness (QED) is 0.789. The van der Waals surface area contributed by atoms with Gasteiger partial charge in [-0.3, -0.25) is 4.57 Å². The van der Waals surface area contributed by atoms with Gasteiger partial charge in [-0.1, -0.05) is 6.07 Å². The molecule has 0 unspecified atom stereocenters. The number of hydrogen-bond acceptors (Lipinski definition) is 5. The number of imidazole rings is 1. The summed E-state index contributed by atoms with van der Waals surface area (Å²) in [5.41, 5.74) is 1.46. The zero-order chi connectivity index (χ0) is 14.5. The molecule has 0 aliphatic carbocycles. The lowest BCUT2D eigenvalue weighted by molar-refractivity contribution is 0.976. The molecule has 0 saturated carbocycles. The van der Waals surface area contributed by atoms with Gasteiger partial charge in [0.2, 0.25) is 0 Å². The highest BCUT2D eigenvalue weighted by Crippen LogP contribution is 2.10. The fourth-order valence-electron chi connectivity index (χ4n) is 1.89. The van der Waals surface area contributed by atoms with Crippen LogP contribution < -0.4 is 5.32 Å². The number of nitrogens with one attached hydrogen (secondary N) is 1. The van der Waals surface area contributed by atoms with Crippen LogP contribution in [0.25, 0.3) is 5.82 Å². The van der Waals surface area contributed by atoms with Crippen molar-refractivity contribution in [3.63, 3.8) is 0 Å². The molecule has 0 radical (unpaired) electrons. The maximum Gasteiger partial charge on any atom is 0.142 e. The van der Waals surface area contributed by atoms with Gasteiger partial charge in [0.15, 0.2) is 0 Å². The molecule has 21 heavy (non-hydrogen) atoms. The summed E-state index contributed by atoms with van der Waals surface area (Å²) in [4.78, 5) is 12.5. The molecule has 3 heterocycles. The minimum absolute atomic E-state index is 0.397. The first kappa shape index (κ1) is 12.8. The SMILES string of the molecule is N#Cc1cccc(NCc2ccnc(-n3ccnc3)c2)n1. The Morgan fingerprint density at radius 3 is 3.00 bits per heavy atom. The van der Waals surface area contributed by atoms with Gasteiger partial charge in [0, 0.05) is 25.1 Å². The maximum atomic E-state index is 8.83. The molecule has 0 atom stereocenters. The van der Waals surface area contributed by atoms with E-state index in [2.05, 4.69) is 20.3 Å². The second-order valence-corrected chi connectivity index (χ2v) is 4.37. The summed E-state index contributed by atoms with van der Waals surface area (Å²) >= 11 is 0. The lowest BCUT2D eigenvalue weighted by atomic mass is 10.2. The molecule has 0 aliphatic rings. The molecular weight excluding hydrogens is 264 g/mol. The smallest absolute Gasteiger partial charge is 0.142 e. The van der Waals surface area contributed by atoms with Crippen molar-refractivity contribution in [2.75, 3.05) is 5.32 Å². The Bertz CT molecular complexity index is 773. The summed E-state index contributed by atoms with van der Waals surface area (Å²) in [5, 5.41) is 12.0. The van der Waals surface area contributed by atoms with Crippen LogP contribution in [0.15, 0.2) is 55.2 Å². The van der Waals surface area contributed by atoms with Crippen LogP contribution in [-0.2, 0) is 6.54 Å². The predicted octanol–water partition coefficient (Wildman–Crippen LogP) is 2.15. The van der Waals surface area contributed by atoms with E-state index in [0.717, 1.165) is 11.4 Å². The van der Waals surface area contributed by atoms with Gasteiger partial charge in [-0.05, 0) is 29.8 Å². The Morgan fingerprint density at radius 1 is 1.24 bits per heavy atom. The number of pyridine rings is 2. The van der Waals surface area contributed by atoms with E-state index in [9.17, 15) is 0 Å². The van der Waals surface area contributed by atoms with Crippen molar-refractivity contribution < 1.29 is 0 Å². The first-order chi connectivity index (χ1) is 10.3. The number of hydrogen-bond donors (Lipinski definition) is 1. The highest BCUT2D eigenvalue weighted by atomic mass is 15.1. The molecular formula is C15H12N6. The Balaban J connectivity index is 1.73. The van der Waals surface area contributed by atoms with Crippen LogP contribution in [-0.4, -0.2) is 19.5 Å². The Labute approximate surface area is 121 Å². The first-order valence-electron chi connectivity index (χ1n) is 6.39. The topological polar surface area (TPSA) is 79.4 Å². The Morgan fingerprint density at radius 2 is 2.19 bits per heavy atom. The molecule has 0 spiro atoms. The van der Waals surface area contributed by atoms with Gasteiger partial charge in [0.1, 0.15) is 29.7 Å². The predicted molar refractivity (Wildman–Crippen MR) is 77.6 cm³/mol. The molecule has 0 fully saturated rings. The highest BCUT2D eigenvalue weighted by Gasteiger charge is 2.01. The molecule has 6 nitrogen and oxygen atoms in total. The number of nitrogens with zero attached hydrogens (tertiary/aromatic N) is 5. The molecule has 1 N–H and O–H groups in total. The van der Waals surface area contributed by atoms with E-state index in [4.69, 9.17) is 5.26 Å². The van der Waals surface area contributed by atoms with Crippen molar-refractivity contribution in [3.05, 3.63) is 66.5 Å². The average molecular weight is 276 g/mol. The summed E-state index contributed by atoms with van der Waals surface area (Å²) < 4.78 is 1.85. The lowest BCUT2D eigenvalue weighted by Crippen LogP contribution is -2.03. The van der Waals surface area contributed by atoms with Gasteiger partial charge in [-0.15, -0.1) is 0 Å². The molecule has 0 amide bonds. The van der Waals surface area contributed by atoms with Crippen molar-refractivity contribution >= 4 is 5.82 Å². The fraction of sp³-hybridized carbons (Fsp3) is 0.0667. The van der Waals surface area contributed by atoms with E-state index in [0.29, 0.717) is 18.1 Å². The van der Waals surface area contributed by atoms with E-state index in [1.807, 2.05) is 35.0 Å². The number of aromatic nitrogens is 4. The van der Waals surface area contributed by atoms with E-state index in [1.54, 1.807) is 30.9 Å². The summed E-state index contributed by atoms with van der Waals surface area (Å²) in [6, 6.07) is 11.2. The van der Waals surface area contributed by atoms with Crippen molar-refractivity contribution in [1.29, 1.82) is 5.26 Å². The monoisotopic (exact) mass is 276 g/mol. The molecule has 6 heteroatoms. The summed E-state index contributed by atoms with van der Waals surface area (Å²) in [7, 11) is 0. The van der Waals surface area contributed by atoms with Crippen LogP contribution in [0.5, 0.6) is 0 Å². The van der Waals surface area contributed by atoms with Gasteiger partial charge < -0.3 is 5.32 Å². The van der Waals surface area contributed by atoms with Crippen LogP contribution in [0.1, 0.15) is 11.3 Å². The van der Waals surface area contributed by atoms with Crippen molar-refractivity contribution in [1.82, 2.24) is 19.5 Å². The molecule has 102 valence electrons. The standard InChI is InChI=1S/C15H12N6/c16-9-13-2-1-3-14(20-13)19-10-12-4-5-18-15(8-12)21-7-6-17-11-21/h1-8,11H,10H2,(H,19,20). The van der Waals surface area contributed by atoms with Crippen molar-refractivity contribution in [3.8, 4) is 11.9 Å². The second-order valence-electron chi connectivity index (χ2n) is 4.37. The minimum atomic E-state index is 0.397. The van der Waals surface area contributed by atoms with Crippen molar-refractivity contribution in [2.45, 2.75) is 6.54 Å². The number of anilines is 1. The van der Waals surface area contributed by atoms with E-state index < -0.39 is 0 Å². The summed E-state index contributed by atoms with van der Waals surface area (Å²) in [5.74, 6) is 1.49. The van der Waals surface area contributed by atoms with E-state index in [1.165, 1.54) is 0 Å². The third-order valence-corrected chi connectivity index (χ3v) is 2.92. The molecule has 0 bridgehead atoms. The van der Waals surface area contributed by atoms with Gasteiger partial charge in [0.05, 0.1) is 0 Å². The van der Waals surface area contributed by atoms with E-state index in [-0.39, 0.29) is 0 Å². The second kappa shape index (κ2) is 5.84. The number of rotatable bonds is 4. The highest BCUT2D eigenvalue weighted by molar-refractivity contribution is 5.39. The van der Waals surface area contributed by atoms with Crippen LogP contribution in [0.4, 0.5) is 5.82 Å². The van der Waals surface area contributed by atoms with Gasteiger partial charge in [-0.25, -0.2) is 15.0 Å². The van der Waals surface area contributed by atoms with Gasteiger partial charge in [-0.2, -0.15) is 5.26 Å². The van der Waals surface area contributed by atoms with Crippen LogP contribution >= 0.6 is 0 Å². The van der Waals surface area contributed by atoms with Crippen LogP contribution in [0, 0.1) is 11.3 Å². The number of nitriles is 1. The molecule has 0 aliphatic heterocycles. The molecule has 0 aromatic carbocycles. The average Bonchev–Trinajstić information content (AvgIpc) is 3.08. The molecule has 3 rings (SSSR count). The first-order valence-corrected chi connectivity index (χ1v) is 6.39. The van der Waals surface area contributed by atoms with Gasteiger partial charge >= 0.3 is 0 Å². The van der Waals surface area contributed by atoms with Crippen molar-refractivity contribution in [2.24, 2.45) is 0 Å². The van der Waals surface area contributed by atoms with Crippen LogP contribution in [0.3, 0.4) is 0 Å². The third kappa shape index (κ3) is 3.04. The zero-order valence-corrected chi connectivity index (χ0v) is 11.1. The largest absolute Gasteiger partial charge is 0.366 e. The summed E-state index contributed by atoms with van der Waals surface area (Å²) in [6.07, 6.45) is 7.02. The molecule has 3 aromatic heterocycles. The third-order valence-electron chi connectivity index (χ3n) is 2.92. The maximum absolute atomic E-state index is 8.83. The van der Waals surface area contributed by atoms with Gasteiger partial charge in [0.25, 0.3) is 0 Å². The lowest BCUT2D eigenvalue weighted by Gasteiger charge is -2.07.